The normalized spacial score (nSPS) is 12.2. The molecule has 0 bridgehead atoms. The smallest absolute Gasteiger partial charge is 0.164 e. The summed E-state index contributed by atoms with van der Waals surface area (Å²) in [6.45, 7) is 10.1. The lowest BCUT2D eigenvalue weighted by Crippen LogP contribution is -2.11. The number of aromatic nitrogens is 3. The first kappa shape index (κ1) is 43.7. The number of unbranched alkanes of at least 4 members (excludes halogenated alkanes) is 2. The molecule has 0 spiro atoms. The maximum Gasteiger partial charge on any atom is 0.164 e. The molecule has 6 aromatic rings. The third-order valence-corrected chi connectivity index (χ3v) is 11.4. The number of ether oxygens (including phenoxy) is 3. The largest absolute Gasteiger partial charge is 0.508 e. The zero-order valence-corrected chi connectivity index (χ0v) is 36.0. The predicted octanol–water partition coefficient (Wildman–Crippen LogP) is 12.7. The molecular weight excluding hydrogens is 747 g/mol. The number of benzene rings is 5. The van der Waals surface area contributed by atoms with Crippen molar-refractivity contribution in [1.29, 1.82) is 0 Å². The van der Waals surface area contributed by atoms with E-state index in [4.69, 9.17) is 29.2 Å². The molecule has 1 heterocycles. The van der Waals surface area contributed by atoms with E-state index in [0.29, 0.717) is 66.9 Å². The first-order chi connectivity index (χ1) is 29.3. The van der Waals surface area contributed by atoms with Crippen molar-refractivity contribution in [2.45, 2.75) is 91.9 Å². The number of phenols is 2. The van der Waals surface area contributed by atoms with Crippen molar-refractivity contribution in [3.05, 3.63) is 131 Å². The summed E-state index contributed by atoms with van der Waals surface area (Å²) in [4.78, 5) is 15.2. The Labute approximate surface area is 356 Å². The highest BCUT2D eigenvalue weighted by molar-refractivity contribution is 5.70. The molecule has 0 aliphatic heterocycles. The van der Waals surface area contributed by atoms with Gasteiger partial charge in [0.1, 0.15) is 28.7 Å². The molecule has 2 N–H and O–H groups in total. The summed E-state index contributed by atoms with van der Waals surface area (Å²) in [6, 6.07) is 35.0. The molecule has 2 unspecified atom stereocenters. The van der Waals surface area contributed by atoms with E-state index in [0.717, 1.165) is 70.4 Å². The molecule has 60 heavy (non-hydrogen) atoms. The van der Waals surface area contributed by atoms with Crippen LogP contribution in [0.25, 0.3) is 34.2 Å². The second kappa shape index (κ2) is 21.9. The first-order valence-corrected chi connectivity index (χ1v) is 21.8. The highest BCUT2D eigenvalue weighted by atomic mass is 16.5. The fraction of sp³-hybridized carbons (Fsp3) is 0.365. The molecule has 0 radical (unpaired) electrons. The van der Waals surface area contributed by atoms with Crippen LogP contribution in [-0.2, 0) is 12.8 Å². The van der Waals surface area contributed by atoms with Gasteiger partial charge in [-0.1, -0.05) is 127 Å². The molecule has 0 amide bonds. The number of hydrogen-bond acceptors (Lipinski definition) is 8. The van der Waals surface area contributed by atoms with Gasteiger partial charge in [0.15, 0.2) is 17.5 Å². The summed E-state index contributed by atoms with van der Waals surface area (Å²) in [5.41, 5.74) is 5.96. The van der Waals surface area contributed by atoms with Gasteiger partial charge in [0.2, 0.25) is 0 Å². The van der Waals surface area contributed by atoms with E-state index in [9.17, 15) is 10.2 Å². The third kappa shape index (κ3) is 11.6. The van der Waals surface area contributed by atoms with Gasteiger partial charge >= 0.3 is 0 Å². The van der Waals surface area contributed by atoms with Crippen molar-refractivity contribution < 1.29 is 24.4 Å². The van der Waals surface area contributed by atoms with Crippen LogP contribution in [0.1, 0.15) is 101 Å². The monoisotopic (exact) mass is 807 g/mol. The van der Waals surface area contributed by atoms with E-state index < -0.39 is 0 Å². The number of hydrogen-bond donors (Lipinski definition) is 2. The van der Waals surface area contributed by atoms with Gasteiger partial charge in [0.05, 0.1) is 20.3 Å². The number of nitrogens with zero attached hydrogens (tertiary/aromatic N) is 3. The van der Waals surface area contributed by atoms with Gasteiger partial charge < -0.3 is 24.4 Å². The number of methoxy groups -OCH3 is 1. The summed E-state index contributed by atoms with van der Waals surface area (Å²) in [5, 5.41) is 22.4. The van der Waals surface area contributed by atoms with E-state index in [1.54, 1.807) is 19.2 Å². The van der Waals surface area contributed by atoms with E-state index in [2.05, 4.69) is 27.7 Å². The molecule has 6 rings (SSSR count). The van der Waals surface area contributed by atoms with Crippen molar-refractivity contribution in [3.8, 4) is 62.9 Å². The van der Waals surface area contributed by atoms with Crippen LogP contribution in [0.5, 0.6) is 28.7 Å². The van der Waals surface area contributed by atoms with Crippen molar-refractivity contribution in [3.63, 3.8) is 0 Å². The van der Waals surface area contributed by atoms with Crippen LogP contribution in [0.3, 0.4) is 0 Å². The molecule has 314 valence electrons. The lowest BCUT2D eigenvalue weighted by molar-refractivity contribution is 0.232. The minimum atomic E-state index is 0.188. The van der Waals surface area contributed by atoms with E-state index in [1.165, 1.54) is 25.7 Å². The minimum absolute atomic E-state index is 0.188. The van der Waals surface area contributed by atoms with Crippen LogP contribution in [0.4, 0.5) is 0 Å². The molecule has 0 saturated heterocycles. The van der Waals surface area contributed by atoms with Crippen LogP contribution >= 0.6 is 0 Å². The molecule has 0 fully saturated rings. The summed E-state index contributed by atoms with van der Waals surface area (Å²) >= 11 is 0. The zero-order valence-electron chi connectivity index (χ0n) is 36.0. The van der Waals surface area contributed by atoms with E-state index in [1.807, 2.05) is 97.1 Å². The summed E-state index contributed by atoms with van der Waals surface area (Å²) in [7, 11) is 1.64. The van der Waals surface area contributed by atoms with Crippen LogP contribution in [0, 0.1) is 11.8 Å². The van der Waals surface area contributed by atoms with E-state index >= 15 is 0 Å². The maximum absolute atomic E-state index is 11.2. The lowest BCUT2D eigenvalue weighted by atomic mass is 9.97. The molecular formula is C52H61N3O5. The molecule has 0 aliphatic rings. The Morgan fingerprint density at radius 1 is 0.500 bits per heavy atom. The Kier molecular flexibility index (Phi) is 16.0. The van der Waals surface area contributed by atoms with Crippen LogP contribution in [0.15, 0.2) is 109 Å². The second-order valence-corrected chi connectivity index (χ2v) is 15.7. The molecule has 2 atom stereocenters. The standard InChI is InChI=1S/C52H61N3O5/c1-6-10-16-36(8-3)34-59-44-28-24-41(48(56)32-44)30-39-18-12-14-20-46(39)51-53-50(38-22-26-43(58-5)27-23-38)54-52(55-51)47-21-15-13-19-40(47)31-42-25-29-45(33-49(42)57)60-35-37(9-4)17-11-7-2/h12-15,18-29,32-33,36-37,56-57H,6-11,16-17,30-31,34-35H2,1-5H3. The Morgan fingerprint density at radius 2 is 0.933 bits per heavy atom. The van der Waals surface area contributed by atoms with Gasteiger partial charge in [-0.05, 0) is 83.3 Å². The van der Waals surface area contributed by atoms with Gasteiger partial charge in [-0.3, -0.25) is 0 Å². The van der Waals surface area contributed by atoms with E-state index in [-0.39, 0.29) is 11.5 Å². The average molecular weight is 808 g/mol. The Bertz CT molecular complexity index is 2140. The minimum Gasteiger partial charge on any atom is -0.508 e. The van der Waals surface area contributed by atoms with Gasteiger partial charge in [-0.25, -0.2) is 15.0 Å². The first-order valence-electron chi connectivity index (χ1n) is 21.8. The molecule has 5 aromatic carbocycles. The molecule has 0 aliphatic carbocycles. The molecule has 1 aromatic heterocycles. The molecule has 8 nitrogen and oxygen atoms in total. The summed E-state index contributed by atoms with van der Waals surface area (Å²) in [5.74, 6) is 5.00. The molecule has 0 saturated carbocycles. The van der Waals surface area contributed by atoms with Gasteiger partial charge in [-0.15, -0.1) is 0 Å². The van der Waals surface area contributed by atoms with Gasteiger partial charge in [0, 0.05) is 41.7 Å². The number of rotatable bonds is 22. The SMILES string of the molecule is CCCCC(CC)COc1ccc(Cc2ccccc2-c2nc(-c3ccc(OC)cc3)nc(-c3ccccc3Cc3ccc(OCC(CC)CCCC)cc3O)n2)c(O)c1. The Hall–Kier alpha value is -5.89. The van der Waals surface area contributed by atoms with Crippen LogP contribution in [0.2, 0.25) is 0 Å². The topological polar surface area (TPSA) is 107 Å². The fourth-order valence-corrected chi connectivity index (χ4v) is 7.47. The average Bonchev–Trinajstić information content (AvgIpc) is 3.28. The number of aromatic hydroxyl groups is 2. The zero-order chi connectivity index (χ0) is 42.3. The highest BCUT2D eigenvalue weighted by Gasteiger charge is 2.19. The van der Waals surface area contributed by atoms with Crippen molar-refractivity contribution in [2.75, 3.05) is 20.3 Å². The fourth-order valence-electron chi connectivity index (χ4n) is 7.47. The van der Waals surface area contributed by atoms with Gasteiger partial charge in [0.25, 0.3) is 0 Å². The molecule has 8 heteroatoms. The van der Waals surface area contributed by atoms with Crippen molar-refractivity contribution in [1.82, 2.24) is 15.0 Å². The predicted molar refractivity (Wildman–Crippen MR) is 242 cm³/mol. The highest BCUT2D eigenvalue weighted by Crippen LogP contribution is 2.34. The third-order valence-electron chi connectivity index (χ3n) is 11.4. The lowest BCUT2D eigenvalue weighted by Gasteiger charge is -2.17. The number of phenolic OH excluding ortho intramolecular Hbond substituents is 2. The second-order valence-electron chi connectivity index (χ2n) is 15.7. The Morgan fingerprint density at radius 3 is 1.35 bits per heavy atom. The Balaban J connectivity index is 1.31. The van der Waals surface area contributed by atoms with Crippen LogP contribution in [-0.4, -0.2) is 45.5 Å². The maximum atomic E-state index is 11.2. The quantitative estimate of drug-likeness (QED) is 0.0698. The summed E-state index contributed by atoms with van der Waals surface area (Å²) < 4.78 is 17.7. The van der Waals surface area contributed by atoms with Crippen LogP contribution < -0.4 is 14.2 Å². The summed E-state index contributed by atoms with van der Waals surface area (Å²) in [6.07, 6.45) is 10.1. The van der Waals surface area contributed by atoms with Gasteiger partial charge in [-0.2, -0.15) is 0 Å². The van der Waals surface area contributed by atoms with Crippen molar-refractivity contribution in [2.24, 2.45) is 11.8 Å². The van der Waals surface area contributed by atoms with Crippen molar-refractivity contribution >= 4 is 0 Å².